The number of aryl methyl sites for hydroxylation is 1. The number of aromatic nitrogens is 1. The molecule has 3 aromatic rings. The van der Waals surface area contributed by atoms with Gasteiger partial charge in [0, 0.05) is 24.6 Å². The predicted octanol–water partition coefficient (Wildman–Crippen LogP) is 3.60. The average Bonchev–Trinajstić information content (AvgIpc) is 3.28. The number of hydrogen-bond acceptors (Lipinski definition) is 6. The van der Waals surface area contributed by atoms with Gasteiger partial charge in [-0.1, -0.05) is 48.0 Å². The Balaban J connectivity index is 1.55. The lowest BCUT2D eigenvalue weighted by Crippen LogP contribution is -2.40. The maximum atomic E-state index is 12.9. The molecule has 184 valence electrons. The highest BCUT2D eigenvalue weighted by Crippen LogP contribution is 2.17. The third kappa shape index (κ3) is 8.01. The largest absolute Gasteiger partial charge is 0.383 e. The number of carbonyl (C=O) groups excluding carboxylic acids is 3. The molecule has 1 aromatic heterocycles. The molecule has 0 fully saturated rings. The quantitative estimate of drug-likeness (QED) is 0.424. The maximum Gasteiger partial charge on any atom is 0.254 e. The Labute approximate surface area is 209 Å². The summed E-state index contributed by atoms with van der Waals surface area (Å²) in [6.07, 6.45) is 0.107. The summed E-state index contributed by atoms with van der Waals surface area (Å²) in [4.78, 5) is 43.8. The van der Waals surface area contributed by atoms with Gasteiger partial charge in [0.1, 0.15) is 6.54 Å². The summed E-state index contributed by atoms with van der Waals surface area (Å²) in [5, 5.41) is 7.80. The van der Waals surface area contributed by atoms with Crippen molar-refractivity contribution in [2.24, 2.45) is 0 Å². The number of hydrogen-bond donors (Lipinski definition) is 2. The number of nitrogens with zero attached hydrogens (tertiary/aromatic N) is 2. The van der Waals surface area contributed by atoms with Crippen LogP contribution in [-0.2, 0) is 20.7 Å². The van der Waals surface area contributed by atoms with Crippen molar-refractivity contribution >= 4 is 34.2 Å². The van der Waals surface area contributed by atoms with E-state index in [0.717, 1.165) is 11.1 Å². The van der Waals surface area contributed by atoms with Crippen molar-refractivity contribution in [3.8, 4) is 0 Å². The van der Waals surface area contributed by atoms with Crippen LogP contribution in [0.15, 0.2) is 60.0 Å². The summed E-state index contributed by atoms with van der Waals surface area (Å²) >= 11 is 1.24. The minimum atomic E-state index is -0.371. The van der Waals surface area contributed by atoms with E-state index in [9.17, 15) is 14.4 Å². The number of nitrogens with one attached hydrogen (secondary N) is 2. The average molecular weight is 495 g/mol. The van der Waals surface area contributed by atoms with Gasteiger partial charge in [0.15, 0.2) is 5.13 Å². The van der Waals surface area contributed by atoms with Crippen LogP contribution in [0.5, 0.6) is 0 Å². The van der Waals surface area contributed by atoms with Gasteiger partial charge in [-0.25, -0.2) is 4.98 Å². The third-order valence-electron chi connectivity index (χ3n) is 5.30. The van der Waals surface area contributed by atoms with Crippen LogP contribution in [0.3, 0.4) is 0 Å². The van der Waals surface area contributed by atoms with Crippen molar-refractivity contribution in [2.75, 3.05) is 32.1 Å². The Morgan fingerprint density at radius 1 is 1.06 bits per heavy atom. The van der Waals surface area contributed by atoms with Crippen LogP contribution < -0.4 is 10.6 Å². The van der Waals surface area contributed by atoms with Crippen molar-refractivity contribution in [3.05, 3.63) is 82.4 Å². The molecule has 35 heavy (non-hydrogen) atoms. The van der Waals surface area contributed by atoms with E-state index < -0.39 is 0 Å². The molecule has 0 spiro atoms. The second kappa shape index (κ2) is 12.8. The van der Waals surface area contributed by atoms with E-state index in [4.69, 9.17) is 4.74 Å². The number of anilines is 1. The first-order valence-corrected chi connectivity index (χ1v) is 12.2. The van der Waals surface area contributed by atoms with Crippen LogP contribution in [0.1, 0.15) is 40.1 Å². The van der Waals surface area contributed by atoms with Crippen LogP contribution in [-0.4, -0.2) is 54.4 Å². The molecule has 0 aliphatic rings. The maximum absolute atomic E-state index is 12.9. The smallest absolute Gasteiger partial charge is 0.254 e. The number of amides is 3. The molecule has 3 amide bonds. The summed E-state index contributed by atoms with van der Waals surface area (Å²) in [7, 11) is 1.54. The molecule has 0 radical (unpaired) electrons. The van der Waals surface area contributed by atoms with E-state index in [1.807, 2.05) is 56.3 Å². The van der Waals surface area contributed by atoms with Crippen molar-refractivity contribution in [1.29, 1.82) is 0 Å². The van der Waals surface area contributed by atoms with Gasteiger partial charge >= 0.3 is 0 Å². The normalized spacial score (nSPS) is 11.5. The lowest BCUT2D eigenvalue weighted by molar-refractivity contribution is -0.121. The molecule has 0 aliphatic carbocycles. The topological polar surface area (TPSA) is 101 Å². The molecule has 0 aliphatic heterocycles. The minimum absolute atomic E-state index is 0.107. The van der Waals surface area contributed by atoms with Crippen LogP contribution in [0.2, 0.25) is 0 Å². The SMILES string of the molecule is COCCN(CC(=O)Nc1nc(CC(=O)NC(C)c2ccccc2)cs1)C(=O)c1ccc(C)cc1. The Kier molecular flexibility index (Phi) is 9.51. The van der Waals surface area contributed by atoms with Crippen LogP contribution in [0.25, 0.3) is 0 Å². The zero-order chi connectivity index (χ0) is 25.2. The van der Waals surface area contributed by atoms with E-state index in [0.29, 0.717) is 23.0 Å². The number of thiazole rings is 1. The monoisotopic (exact) mass is 494 g/mol. The molecule has 8 nitrogen and oxygen atoms in total. The molecule has 2 aromatic carbocycles. The lowest BCUT2D eigenvalue weighted by atomic mass is 10.1. The molecule has 0 bridgehead atoms. The van der Waals surface area contributed by atoms with Gasteiger partial charge in [-0.3, -0.25) is 14.4 Å². The van der Waals surface area contributed by atoms with Gasteiger partial charge in [-0.05, 0) is 31.5 Å². The molecular formula is C26H30N4O4S. The lowest BCUT2D eigenvalue weighted by Gasteiger charge is -2.21. The molecule has 0 saturated heterocycles. The van der Waals surface area contributed by atoms with E-state index in [1.165, 1.54) is 16.2 Å². The van der Waals surface area contributed by atoms with E-state index in [1.54, 1.807) is 24.6 Å². The molecule has 0 saturated carbocycles. The summed E-state index contributed by atoms with van der Waals surface area (Å²) in [5.74, 6) is -0.773. The van der Waals surface area contributed by atoms with Gasteiger partial charge in [0.25, 0.3) is 5.91 Å². The third-order valence-corrected chi connectivity index (χ3v) is 6.11. The highest BCUT2D eigenvalue weighted by Gasteiger charge is 2.20. The van der Waals surface area contributed by atoms with E-state index >= 15 is 0 Å². The Hall–Kier alpha value is -3.56. The fraction of sp³-hybridized carbons (Fsp3) is 0.308. The molecule has 1 atom stereocenters. The van der Waals surface area contributed by atoms with Gasteiger partial charge in [0.2, 0.25) is 11.8 Å². The first-order chi connectivity index (χ1) is 16.9. The van der Waals surface area contributed by atoms with Gasteiger partial charge < -0.3 is 20.3 Å². The predicted molar refractivity (Wildman–Crippen MR) is 136 cm³/mol. The van der Waals surface area contributed by atoms with Crippen LogP contribution in [0, 0.1) is 6.92 Å². The standard InChI is InChI=1S/C26H30N4O4S/c1-18-9-11-21(12-10-18)25(33)30(13-14-34-3)16-24(32)29-26-28-22(17-35-26)15-23(31)27-19(2)20-7-5-4-6-8-20/h4-12,17,19H,13-16H2,1-3H3,(H,27,31)(H,28,29,32). The number of ether oxygens (including phenoxy) is 1. The second-order valence-electron chi connectivity index (χ2n) is 8.15. The molecule has 9 heteroatoms. The summed E-state index contributed by atoms with van der Waals surface area (Å²) in [6, 6.07) is 16.8. The fourth-order valence-electron chi connectivity index (χ4n) is 3.39. The van der Waals surface area contributed by atoms with Crippen molar-refractivity contribution in [1.82, 2.24) is 15.2 Å². The van der Waals surface area contributed by atoms with E-state index in [2.05, 4.69) is 15.6 Å². The number of carbonyl (C=O) groups is 3. The molecule has 1 unspecified atom stereocenters. The fourth-order valence-corrected chi connectivity index (χ4v) is 4.12. The van der Waals surface area contributed by atoms with Gasteiger partial charge in [-0.2, -0.15) is 0 Å². The number of rotatable bonds is 11. The second-order valence-corrected chi connectivity index (χ2v) is 9.01. The molecule has 1 heterocycles. The van der Waals surface area contributed by atoms with Crippen molar-refractivity contribution < 1.29 is 19.1 Å². The molecule has 2 N–H and O–H groups in total. The van der Waals surface area contributed by atoms with Crippen LogP contribution >= 0.6 is 11.3 Å². The molecule has 3 rings (SSSR count). The van der Waals surface area contributed by atoms with Crippen LogP contribution in [0.4, 0.5) is 5.13 Å². The van der Waals surface area contributed by atoms with E-state index in [-0.39, 0.29) is 43.3 Å². The number of methoxy groups -OCH3 is 1. The number of benzene rings is 2. The first kappa shape index (κ1) is 26.1. The van der Waals surface area contributed by atoms with Crippen molar-refractivity contribution in [3.63, 3.8) is 0 Å². The Morgan fingerprint density at radius 3 is 2.46 bits per heavy atom. The molecular weight excluding hydrogens is 464 g/mol. The van der Waals surface area contributed by atoms with Crippen molar-refractivity contribution in [2.45, 2.75) is 26.3 Å². The Morgan fingerprint density at radius 2 is 1.77 bits per heavy atom. The zero-order valence-electron chi connectivity index (χ0n) is 20.1. The summed E-state index contributed by atoms with van der Waals surface area (Å²) < 4.78 is 5.10. The van der Waals surface area contributed by atoms with Gasteiger partial charge in [-0.15, -0.1) is 11.3 Å². The highest BCUT2D eigenvalue weighted by atomic mass is 32.1. The zero-order valence-corrected chi connectivity index (χ0v) is 20.9. The minimum Gasteiger partial charge on any atom is -0.383 e. The first-order valence-electron chi connectivity index (χ1n) is 11.3. The summed E-state index contributed by atoms with van der Waals surface area (Å²) in [6.45, 7) is 4.32. The Bertz CT molecular complexity index is 1130. The van der Waals surface area contributed by atoms with Gasteiger partial charge in [0.05, 0.1) is 24.8 Å². The highest BCUT2D eigenvalue weighted by molar-refractivity contribution is 7.13. The summed E-state index contributed by atoms with van der Waals surface area (Å²) in [5.41, 5.74) is 3.14.